The standard InChI is InChI=1S/C47H52N10O/c1-8-53(9-2)33-29-39(45-50-34-18-15-16-21-41(34)55(45)12-5)49-40(30-33)46-52-38-28-32(23-25-43(38)57(46)14-7)26-31-22-24-42-37(27-31)51-44(56(42)13-6)35-19-17-20-36(48-35)47(58)54(10-3)11-4/h15-25,27-30H,8-14,26H2,1-7H3. The smallest absolute Gasteiger partial charge is 0.272 e. The van der Waals surface area contributed by atoms with Gasteiger partial charge < -0.3 is 23.5 Å². The highest BCUT2D eigenvalue weighted by Crippen LogP contribution is 2.33. The Bertz CT molecular complexity index is 2770. The van der Waals surface area contributed by atoms with E-state index in [1.165, 1.54) is 5.56 Å². The summed E-state index contributed by atoms with van der Waals surface area (Å²) in [5.74, 6) is 2.41. The first-order valence-corrected chi connectivity index (χ1v) is 20.8. The van der Waals surface area contributed by atoms with E-state index in [9.17, 15) is 4.79 Å². The van der Waals surface area contributed by atoms with Crippen LogP contribution < -0.4 is 4.90 Å². The van der Waals surface area contributed by atoms with E-state index in [1.54, 1.807) is 11.0 Å². The number of carbonyl (C=O) groups excluding carboxylic acids is 1. The molecule has 11 nitrogen and oxygen atoms in total. The van der Waals surface area contributed by atoms with E-state index in [2.05, 4.69) is 120 Å². The number of imidazole rings is 3. The van der Waals surface area contributed by atoms with Crippen LogP contribution in [-0.2, 0) is 26.1 Å². The predicted molar refractivity (Wildman–Crippen MR) is 235 cm³/mol. The van der Waals surface area contributed by atoms with E-state index in [0.29, 0.717) is 24.5 Å². The Kier molecular flexibility index (Phi) is 10.8. The Morgan fingerprint density at radius 1 is 0.500 bits per heavy atom. The number of para-hydroxylation sites is 2. The van der Waals surface area contributed by atoms with Crippen LogP contribution in [0.3, 0.4) is 0 Å². The van der Waals surface area contributed by atoms with Crippen LogP contribution in [0, 0.1) is 0 Å². The summed E-state index contributed by atoms with van der Waals surface area (Å²) in [6, 6.07) is 31.4. The average molecular weight is 773 g/mol. The maximum absolute atomic E-state index is 13.1. The quantitative estimate of drug-likeness (QED) is 0.109. The molecule has 0 atom stereocenters. The summed E-state index contributed by atoms with van der Waals surface area (Å²) in [5.41, 5.74) is 12.3. The lowest BCUT2D eigenvalue weighted by atomic mass is 10.0. The molecule has 296 valence electrons. The van der Waals surface area contributed by atoms with Crippen molar-refractivity contribution in [1.82, 2.24) is 43.5 Å². The largest absolute Gasteiger partial charge is 0.372 e. The highest BCUT2D eigenvalue weighted by atomic mass is 16.2. The van der Waals surface area contributed by atoms with Crippen molar-refractivity contribution in [3.63, 3.8) is 0 Å². The molecule has 5 heterocycles. The molecular formula is C47H52N10O. The molecule has 3 aromatic carbocycles. The summed E-state index contributed by atoms with van der Waals surface area (Å²) in [6.45, 7) is 20.1. The predicted octanol–water partition coefficient (Wildman–Crippen LogP) is 9.51. The lowest BCUT2D eigenvalue weighted by Gasteiger charge is -2.22. The van der Waals surface area contributed by atoms with Gasteiger partial charge in [-0.05, 0) is 127 Å². The Hall–Kier alpha value is -6.36. The third kappa shape index (κ3) is 6.88. The van der Waals surface area contributed by atoms with Crippen LogP contribution in [0.15, 0.2) is 91.0 Å². The van der Waals surface area contributed by atoms with E-state index < -0.39 is 0 Å². The molecule has 0 N–H and O–H groups in total. The van der Waals surface area contributed by atoms with Gasteiger partial charge in [0.25, 0.3) is 5.91 Å². The molecule has 0 aliphatic carbocycles. The van der Waals surface area contributed by atoms with E-state index >= 15 is 0 Å². The second-order valence-corrected chi connectivity index (χ2v) is 14.5. The van der Waals surface area contributed by atoms with Crippen LogP contribution in [-0.4, -0.2) is 75.6 Å². The molecule has 0 aliphatic rings. The molecule has 58 heavy (non-hydrogen) atoms. The molecule has 0 radical (unpaired) electrons. The van der Waals surface area contributed by atoms with Crippen LogP contribution in [0.2, 0.25) is 0 Å². The molecule has 8 aromatic rings. The molecule has 0 spiro atoms. The number of aryl methyl sites for hydroxylation is 3. The van der Waals surface area contributed by atoms with Gasteiger partial charge >= 0.3 is 0 Å². The van der Waals surface area contributed by atoms with Gasteiger partial charge in [0.15, 0.2) is 17.5 Å². The van der Waals surface area contributed by atoms with Crippen LogP contribution in [0.25, 0.3) is 67.7 Å². The van der Waals surface area contributed by atoms with Crippen molar-refractivity contribution in [2.45, 2.75) is 74.5 Å². The highest BCUT2D eigenvalue weighted by molar-refractivity contribution is 5.93. The molecule has 8 rings (SSSR count). The summed E-state index contributed by atoms with van der Waals surface area (Å²) in [4.78, 5) is 42.8. The molecule has 0 aliphatic heterocycles. The summed E-state index contributed by atoms with van der Waals surface area (Å²) < 4.78 is 6.69. The Labute approximate surface area is 340 Å². The molecule has 1 amide bonds. The number of nitrogens with zero attached hydrogens (tertiary/aromatic N) is 10. The van der Waals surface area contributed by atoms with Gasteiger partial charge in [0.05, 0.1) is 33.1 Å². The van der Waals surface area contributed by atoms with Gasteiger partial charge in [-0.15, -0.1) is 0 Å². The van der Waals surface area contributed by atoms with Crippen molar-refractivity contribution < 1.29 is 4.79 Å². The fourth-order valence-corrected chi connectivity index (χ4v) is 8.30. The normalized spacial score (nSPS) is 11.6. The van der Waals surface area contributed by atoms with E-state index in [0.717, 1.165) is 112 Å². The molecular weight excluding hydrogens is 721 g/mol. The Morgan fingerprint density at radius 3 is 1.55 bits per heavy atom. The van der Waals surface area contributed by atoms with Gasteiger partial charge in [-0.3, -0.25) is 4.79 Å². The number of rotatable bonds is 14. The second-order valence-electron chi connectivity index (χ2n) is 14.5. The van der Waals surface area contributed by atoms with Crippen molar-refractivity contribution in [2.75, 3.05) is 31.1 Å². The van der Waals surface area contributed by atoms with Crippen molar-refractivity contribution >= 4 is 44.7 Å². The fourth-order valence-electron chi connectivity index (χ4n) is 8.30. The number of fused-ring (bicyclic) bond motifs is 3. The minimum absolute atomic E-state index is 0.0657. The summed E-state index contributed by atoms with van der Waals surface area (Å²) in [5, 5.41) is 0. The number of anilines is 1. The van der Waals surface area contributed by atoms with Gasteiger partial charge in [-0.1, -0.05) is 30.3 Å². The zero-order valence-electron chi connectivity index (χ0n) is 34.7. The average Bonchev–Trinajstić information content (AvgIpc) is 3.95. The molecule has 5 aromatic heterocycles. The zero-order valence-corrected chi connectivity index (χ0v) is 34.7. The first-order valence-electron chi connectivity index (χ1n) is 20.8. The Morgan fingerprint density at radius 2 is 1.02 bits per heavy atom. The first kappa shape index (κ1) is 38.5. The molecule has 0 fully saturated rings. The number of benzene rings is 3. The third-order valence-corrected chi connectivity index (χ3v) is 11.3. The zero-order chi connectivity index (χ0) is 40.5. The van der Waals surface area contributed by atoms with Crippen molar-refractivity contribution in [2.24, 2.45) is 0 Å². The summed E-state index contributed by atoms with van der Waals surface area (Å²) >= 11 is 0. The minimum atomic E-state index is -0.0657. The number of aromatic nitrogens is 8. The maximum Gasteiger partial charge on any atom is 0.272 e. The number of carbonyl (C=O) groups is 1. The van der Waals surface area contributed by atoms with Crippen LogP contribution in [0.5, 0.6) is 0 Å². The fraction of sp³-hybridized carbons (Fsp3) is 0.319. The molecule has 11 heteroatoms. The molecule has 0 saturated carbocycles. The molecule has 0 saturated heterocycles. The summed E-state index contributed by atoms with van der Waals surface area (Å²) in [7, 11) is 0. The number of pyridine rings is 2. The lowest BCUT2D eigenvalue weighted by molar-refractivity contribution is 0.0767. The Balaban J connectivity index is 1.15. The maximum atomic E-state index is 13.1. The minimum Gasteiger partial charge on any atom is -0.372 e. The topological polar surface area (TPSA) is 103 Å². The van der Waals surface area contributed by atoms with E-state index in [4.69, 9.17) is 24.9 Å². The molecule has 0 unspecified atom stereocenters. The SMILES string of the molecule is CCN(CC)C(=O)c1cccc(-c2nc3cc(Cc4ccc5c(c4)nc(-c4cc(N(CC)CC)cc(-c6nc7ccccc7n6CC)n4)n5CC)ccc3n2CC)n1. The van der Waals surface area contributed by atoms with Gasteiger partial charge in [0.2, 0.25) is 0 Å². The number of hydrogen-bond donors (Lipinski definition) is 0. The number of hydrogen-bond acceptors (Lipinski definition) is 7. The lowest BCUT2D eigenvalue weighted by Crippen LogP contribution is -2.31. The summed E-state index contributed by atoms with van der Waals surface area (Å²) in [6.07, 6.45) is 0.730. The number of amides is 1. The van der Waals surface area contributed by atoms with Crippen molar-refractivity contribution in [1.29, 1.82) is 0 Å². The van der Waals surface area contributed by atoms with Gasteiger partial charge in [-0.25, -0.2) is 24.9 Å². The third-order valence-electron chi connectivity index (χ3n) is 11.3. The van der Waals surface area contributed by atoms with Gasteiger partial charge in [0.1, 0.15) is 22.8 Å². The van der Waals surface area contributed by atoms with Crippen molar-refractivity contribution in [3.05, 3.63) is 108 Å². The van der Waals surface area contributed by atoms with Gasteiger partial charge in [0, 0.05) is 51.5 Å². The first-order chi connectivity index (χ1) is 28.3. The van der Waals surface area contributed by atoms with Crippen LogP contribution in [0.4, 0.5) is 5.69 Å². The van der Waals surface area contributed by atoms with Crippen LogP contribution in [0.1, 0.15) is 70.1 Å². The molecule has 0 bridgehead atoms. The highest BCUT2D eigenvalue weighted by Gasteiger charge is 2.21. The van der Waals surface area contributed by atoms with Crippen molar-refractivity contribution in [3.8, 4) is 34.6 Å². The second kappa shape index (κ2) is 16.2. The van der Waals surface area contributed by atoms with Gasteiger partial charge in [-0.2, -0.15) is 0 Å². The van der Waals surface area contributed by atoms with Crippen LogP contribution >= 0.6 is 0 Å². The van der Waals surface area contributed by atoms with E-state index in [-0.39, 0.29) is 5.91 Å². The monoisotopic (exact) mass is 772 g/mol. The van der Waals surface area contributed by atoms with E-state index in [1.807, 2.05) is 32.0 Å².